The second kappa shape index (κ2) is 14.0. The van der Waals surface area contributed by atoms with Crippen molar-refractivity contribution in [3.8, 4) is 6.07 Å². The molecule has 2 saturated heterocycles. The summed E-state index contributed by atoms with van der Waals surface area (Å²) in [5, 5.41) is 13.5. The Morgan fingerprint density at radius 3 is 1.92 bits per heavy atom. The Kier molecular flexibility index (Phi) is 9.73. The van der Waals surface area contributed by atoms with E-state index in [1.165, 1.54) is 56.2 Å². The van der Waals surface area contributed by atoms with E-state index >= 15 is 0 Å². The van der Waals surface area contributed by atoms with Crippen LogP contribution < -0.4 is 0 Å². The molecule has 0 amide bonds. The van der Waals surface area contributed by atoms with Gasteiger partial charge in [-0.2, -0.15) is 10.4 Å². The van der Waals surface area contributed by atoms with E-state index in [-0.39, 0.29) is 0 Å². The molecule has 4 aromatic rings. The lowest BCUT2D eigenvalue weighted by Gasteiger charge is -2.35. The zero-order valence-corrected chi connectivity index (χ0v) is 22.9. The van der Waals surface area contributed by atoms with Crippen LogP contribution in [-0.4, -0.2) is 49.6 Å². The lowest BCUT2D eigenvalue weighted by molar-refractivity contribution is 0.137. The first-order valence-electron chi connectivity index (χ1n) is 14.5. The fourth-order valence-electron chi connectivity index (χ4n) is 5.91. The molecule has 0 saturated carbocycles. The van der Waals surface area contributed by atoms with Crippen LogP contribution in [0.5, 0.6) is 0 Å². The Morgan fingerprint density at radius 1 is 0.718 bits per heavy atom. The third-order valence-electron chi connectivity index (χ3n) is 7.99. The molecule has 4 heterocycles. The van der Waals surface area contributed by atoms with Crippen LogP contribution in [0.25, 0.3) is 5.65 Å². The lowest BCUT2D eigenvalue weighted by atomic mass is 9.98. The molecule has 2 fully saturated rings. The zero-order chi connectivity index (χ0) is 26.7. The van der Waals surface area contributed by atoms with Crippen LogP contribution in [0, 0.1) is 11.3 Å². The Labute approximate surface area is 232 Å². The largest absolute Gasteiger partial charge is 0.296 e. The van der Waals surface area contributed by atoms with Crippen LogP contribution >= 0.6 is 0 Å². The van der Waals surface area contributed by atoms with Crippen molar-refractivity contribution in [2.24, 2.45) is 0 Å². The Hall–Kier alpha value is -3.53. The van der Waals surface area contributed by atoms with Gasteiger partial charge in [-0.05, 0) is 62.0 Å². The molecule has 0 bridgehead atoms. The van der Waals surface area contributed by atoms with Crippen molar-refractivity contribution in [2.45, 2.75) is 76.5 Å². The van der Waals surface area contributed by atoms with Gasteiger partial charge in [0, 0.05) is 37.8 Å². The summed E-state index contributed by atoms with van der Waals surface area (Å²) in [7, 11) is 0. The normalized spacial score (nSPS) is 20.2. The molecular weight excluding hydrogens is 480 g/mol. The minimum atomic E-state index is 0.471. The summed E-state index contributed by atoms with van der Waals surface area (Å²) < 4.78 is 1.87. The SMILES string of the molecule is N#CCC1CCCCN1Cc1ccccc1.c1ccc(CN2CCCCC2Cc2nc3ccccn3n2)cc1. The summed E-state index contributed by atoms with van der Waals surface area (Å²) in [6, 6.07) is 30.6. The zero-order valence-electron chi connectivity index (χ0n) is 22.9. The summed E-state index contributed by atoms with van der Waals surface area (Å²) in [4.78, 5) is 9.74. The van der Waals surface area contributed by atoms with Gasteiger partial charge >= 0.3 is 0 Å². The molecule has 39 heavy (non-hydrogen) atoms. The highest BCUT2D eigenvalue weighted by atomic mass is 15.3. The van der Waals surface area contributed by atoms with Gasteiger partial charge in [0.2, 0.25) is 0 Å². The van der Waals surface area contributed by atoms with Crippen molar-refractivity contribution in [2.75, 3.05) is 13.1 Å². The molecule has 2 atom stereocenters. The molecule has 2 unspecified atom stereocenters. The van der Waals surface area contributed by atoms with Crippen molar-refractivity contribution >= 4 is 5.65 Å². The van der Waals surface area contributed by atoms with Crippen LogP contribution in [0.3, 0.4) is 0 Å². The molecule has 6 heteroatoms. The van der Waals surface area contributed by atoms with E-state index in [4.69, 9.17) is 5.26 Å². The molecule has 2 aliphatic rings. The first-order valence-corrected chi connectivity index (χ1v) is 14.5. The fraction of sp³-hybridized carbons (Fsp3) is 0.424. The van der Waals surface area contributed by atoms with Crippen LogP contribution in [-0.2, 0) is 19.5 Å². The van der Waals surface area contributed by atoms with Gasteiger partial charge in [-0.25, -0.2) is 9.50 Å². The highest BCUT2D eigenvalue weighted by Crippen LogP contribution is 2.23. The van der Waals surface area contributed by atoms with Crippen molar-refractivity contribution in [1.29, 1.82) is 5.26 Å². The smallest absolute Gasteiger partial charge is 0.155 e. The minimum Gasteiger partial charge on any atom is -0.296 e. The van der Waals surface area contributed by atoms with E-state index in [1.54, 1.807) is 0 Å². The number of fused-ring (bicyclic) bond motifs is 1. The van der Waals surface area contributed by atoms with Crippen LogP contribution in [0.2, 0.25) is 0 Å². The molecule has 202 valence electrons. The molecule has 0 N–H and O–H groups in total. The molecule has 2 aromatic carbocycles. The van der Waals surface area contributed by atoms with Crippen molar-refractivity contribution in [3.05, 3.63) is 102 Å². The van der Waals surface area contributed by atoms with E-state index in [0.717, 1.165) is 37.5 Å². The summed E-state index contributed by atoms with van der Waals surface area (Å²) in [6.07, 6.45) is 11.1. The standard InChI is InChI=1S/C19H22N4.C14H18N2/c1-2-8-16(9-3-1)15-22-12-6-4-10-17(22)14-18-20-19-11-5-7-13-23(19)21-18;15-10-9-14-8-4-5-11-16(14)12-13-6-2-1-3-7-13/h1-3,5,7-9,11,13,17H,4,6,10,12,14-15H2;1-3,6-7,14H,4-5,8-9,11-12H2. The maximum absolute atomic E-state index is 8.83. The van der Waals surface area contributed by atoms with Gasteiger partial charge in [-0.3, -0.25) is 9.80 Å². The molecule has 0 aliphatic carbocycles. The molecule has 2 aromatic heterocycles. The number of rotatable bonds is 7. The summed E-state index contributed by atoms with van der Waals surface area (Å²) in [5.74, 6) is 0.959. The van der Waals surface area contributed by atoms with Crippen molar-refractivity contribution < 1.29 is 0 Å². The van der Waals surface area contributed by atoms with E-state index < -0.39 is 0 Å². The van der Waals surface area contributed by atoms with Crippen molar-refractivity contribution in [3.63, 3.8) is 0 Å². The van der Waals surface area contributed by atoms with E-state index in [2.05, 4.69) is 80.5 Å². The van der Waals surface area contributed by atoms with Gasteiger partial charge in [0.25, 0.3) is 0 Å². The second-order valence-electron chi connectivity index (χ2n) is 10.8. The van der Waals surface area contributed by atoms with Gasteiger partial charge in [0.05, 0.1) is 12.5 Å². The average molecular weight is 521 g/mol. The number of aromatic nitrogens is 3. The number of nitriles is 1. The lowest BCUT2D eigenvalue weighted by Crippen LogP contribution is -2.40. The fourth-order valence-corrected chi connectivity index (χ4v) is 5.91. The van der Waals surface area contributed by atoms with E-state index in [0.29, 0.717) is 18.5 Å². The van der Waals surface area contributed by atoms with E-state index in [9.17, 15) is 0 Å². The van der Waals surface area contributed by atoms with Gasteiger partial charge in [0.15, 0.2) is 11.5 Å². The first-order chi connectivity index (χ1) is 19.3. The number of nitrogens with zero attached hydrogens (tertiary/aromatic N) is 6. The van der Waals surface area contributed by atoms with Gasteiger partial charge < -0.3 is 0 Å². The van der Waals surface area contributed by atoms with Gasteiger partial charge in [0.1, 0.15) is 0 Å². The number of hydrogen-bond acceptors (Lipinski definition) is 5. The number of likely N-dealkylation sites (tertiary alicyclic amines) is 2. The second-order valence-corrected chi connectivity index (χ2v) is 10.8. The Balaban J connectivity index is 0.000000169. The predicted octanol–water partition coefficient (Wildman–Crippen LogP) is 6.28. The summed E-state index contributed by atoms with van der Waals surface area (Å²) >= 11 is 0. The number of piperidine rings is 2. The first kappa shape index (κ1) is 27.1. The van der Waals surface area contributed by atoms with Crippen molar-refractivity contribution in [1.82, 2.24) is 24.4 Å². The van der Waals surface area contributed by atoms with E-state index in [1.807, 2.05) is 35.0 Å². The molecule has 0 radical (unpaired) electrons. The monoisotopic (exact) mass is 520 g/mol. The molecule has 0 spiro atoms. The molecule has 2 aliphatic heterocycles. The Bertz CT molecular complexity index is 1280. The highest BCUT2D eigenvalue weighted by molar-refractivity contribution is 5.36. The van der Waals surface area contributed by atoms with Crippen LogP contribution in [0.1, 0.15) is 61.9 Å². The quantitative estimate of drug-likeness (QED) is 0.287. The third-order valence-corrected chi connectivity index (χ3v) is 7.99. The summed E-state index contributed by atoms with van der Waals surface area (Å²) in [5.41, 5.74) is 3.68. The number of benzene rings is 2. The average Bonchev–Trinajstić information content (AvgIpc) is 3.39. The van der Waals surface area contributed by atoms with Crippen LogP contribution in [0.15, 0.2) is 85.1 Å². The minimum absolute atomic E-state index is 0.471. The number of pyridine rings is 1. The van der Waals surface area contributed by atoms with Crippen LogP contribution in [0.4, 0.5) is 0 Å². The molecule has 6 rings (SSSR count). The van der Waals surface area contributed by atoms with Gasteiger partial charge in [-0.1, -0.05) is 79.6 Å². The molecular formula is C33H40N6. The topological polar surface area (TPSA) is 60.5 Å². The maximum Gasteiger partial charge on any atom is 0.155 e. The molecule has 6 nitrogen and oxygen atoms in total. The maximum atomic E-state index is 8.83. The number of hydrogen-bond donors (Lipinski definition) is 0. The Morgan fingerprint density at radius 2 is 1.31 bits per heavy atom. The van der Waals surface area contributed by atoms with Gasteiger partial charge in [-0.15, -0.1) is 0 Å². The third kappa shape index (κ3) is 7.75. The highest BCUT2D eigenvalue weighted by Gasteiger charge is 2.24. The predicted molar refractivity (Wildman–Crippen MR) is 156 cm³/mol. The summed E-state index contributed by atoms with van der Waals surface area (Å²) in [6.45, 7) is 4.33.